The second kappa shape index (κ2) is 16.1. The SMILES string of the molecule is CCCCC(=O)Oc1ccc(C[C@H](N)C(=O)O[C@@H](C)[C@H](C)OC(=O)CC(C)(C)C)cc1OC(=O)CCCC. The van der Waals surface area contributed by atoms with Gasteiger partial charge in [0.15, 0.2) is 11.5 Å². The summed E-state index contributed by atoms with van der Waals surface area (Å²) in [5.74, 6) is -1.65. The number of hydrogen-bond acceptors (Lipinski definition) is 9. The van der Waals surface area contributed by atoms with E-state index in [1.54, 1.807) is 26.0 Å². The summed E-state index contributed by atoms with van der Waals surface area (Å²) in [6, 6.07) is 3.70. The Morgan fingerprint density at radius 3 is 1.87 bits per heavy atom. The molecule has 2 N–H and O–H groups in total. The third-order valence-electron chi connectivity index (χ3n) is 5.64. The van der Waals surface area contributed by atoms with Gasteiger partial charge >= 0.3 is 23.9 Å². The molecule has 0 aromatic heterocycles. The molecule has 0 saturated heterocycles. The first-order valence-electron chi connectivity index (χ1n) is 13.5. The predicted molar refractivity (Wildman–Crippen MR) is 144 cm³/mol. The van der Waals surface area contributed by atoms with E-state index in [-0.39, 0.29) is 48.6 Å². The molecular formula is C29H45NO8. The van der Waals surface area contributed by atoms with E-state index >= 15 is 0 Å². The highest BCUT2D eigenvalue weighted by molar-refractivity contribution is 5.77. The van der Waals surface area contributed by atoms with Crippen LogP contribution in [0.2, 0.25) is 0 Å². The normalized spacial score (nSPS) is 13.7. The number of nitrogens with two attached hydrogens (primary N) is 1. The van der Waals surface area contributed by atoms with Crippen molar-refractivity contribution in [2.75, 3.05) is 0 Å². The largest absolute Gasteiger partial charge is 0.459 e. The summed E-state index contributed by atoms with van der Waals surface area (Å²) in [6.45, 7) is 13.0. The first-order chi connectivity index (χ1) is 17.7. The summed E-state index contributed by atoms with van der Waals surface area (Å²) in [5.41, 5.74) is 6.48. The van der Waals surface area contributed by atoms with Gasteiger partial charge in [0.05, 0.1) is 6.42 Å². The van der Waals surface area contributed by atoms with E-state index in [1.807, 2.05) is 34.6 Å². The van der Waals surface area contributed by atoms with Gasteiger partial charge in [0.2, 0.25) is 0 Å². The van der Waals surface area contributed by atoms with Crippen LogP contribution < -0.4 is 15.2 Å². The van der Waals surface area contributed by atoms with Crippen molar-refractivity contribution in [2.24, 2.45) is 11.1 Å². The minimum atomic E-state index is -1.02. The molecule has 1 aromatic rings. The topological polar surface area (TPSA) is 131 Å². The van der Waals surface area contributed by atoms with E-state index in [0.717, 1.165) is 12.8 Å². The zero-order valence-electron chi connectivity index (χ0n) is 24.0. The fourth-order valence-corrected chi connectivity index (χ4v) is 3.31. The van der Waals surface area contributed by atoms with Crippen molar-refractivity contribution in [3.8, 4) is 11.5 Å². The van der Waals surface area contributed by atoms with Crippen molar-refractivity contribution >= 4 is 23.9 Å². The molecule has 0 bridgehead atoms. The Hall–Kier alpha value is -2.94. The molecule has 0 spiro atoms. The number of esters is 4. The number of ether oxygens (including phenoxy) is 4. The molecule has 0 radical (unpaired) electrons. The Kier molecular flexibility index (Phi) is 14.0. The maximum Gasteiger partial charge on any atom is 0.323 e. The van der Waals surface area contributed by atoms with Crippen LogP contribution in [0.3, 0.4) is 0 Å². The van der Waals surface area contributed by atoms with E-state index < -0.39 is 36.2 Å². The van der Waals surface area contributed by atoms with Crippen LogP contribution in [0.15, 0.2) is 18.2 Å². The number of hydrogen-bond donors (Lipinski definition) is 1. The highest BCUT2D eigenvalue weighted by atomic mass is 16.6. The van der Waals surface area contributed by atoms with E-state index in [0.29, 0.717) is 18.4 Å². The number of benzene rings is 1. The van der Waals surface area contributed by atoms with Gasteiger partial charge in [-0.15, -0.1) is 0 Å². The highest BCUT2D eigenvalue weighted by Gasteiger charge is 2.26. The standard InChI is InChI=1S/C29H45NO8/c1-8-10-12-25(31)37-23-15-14-21(17-24(23)38-26(32)13-11-9-2)16-22(30)28(34)36-20(4)19(3)35-27(33)18-29(5,6)7/h14-15,17,19-20,22H,8-13,16,18,30H2,1-7H3/t19-,20-,22-/m0/s1. The summed E-state index contributed by atoms with van der Waals surface area (Å²) >= 11 is 0. The average molecular weight is 536 g/mol. The molecule has 0 heterocycles. The van der Waals surface area contributed by atoms with Gasteiger partial charge in [0.1, 0.15) is 18.2 Å². The van der Waals surface area contributed by atoms with Gasteiger partial charge in [-0.25, -0.2) is 0 Å². The van der Waals surface area contributed by atoms with E-state index in [2.05, 4.69) is 0 Å². The van der Waals surface area contributed by atoms with Gasteiger partial charge in [-0.2, -0.15) is 0 Å². The zero-order valence-corrected chi connectivity index (χ0v) is 24.0. The molecule has 1 rings (SSSR count). The van der Waals surface area contributed by atoms with Gasteiger partial charge in [-0.1, -0.05) is 53.5 Å². The fraction of sp³-hybridized carbons (Fsp3) is 0.655. The summed E-state index contributed by atoms with van der Waals surface area (Å²) in [7, 11) is 0. The smallest absolute Gasteiger partial charge is 0.323 e. The Morgan fingerprint density at radius 2 is 1.34 bits per heavy atom. The summed E-state index contributed by atoms with van der Waals surface area (Å²) < 4.78 is 21.7. The Bertz CT molecular complexity index is 937. The monoisotopic (exact) mass is 535 g/mol. The van der Waals surface area contributed by atoms with Crippen LogP contribution >= 0.6 is 0 Å². The molecule has 0 aliphatic heterocycles. The van der Waals surface area contributed by atoms with Crippen LogP contribution in [0, 0.1) is 5.41 Å². The highest BCUT2D eigenvalue weighted by Crippen LogP contribution is 2.30. The molecule has 214 valence electrons. The number of unbranched alkanes of at least 4 members (excludes halogenated alkanes) is 2. The minimum absolute atomic E-state index is 0.0906. The average Bonchev–Trinajstić information content (AvgIpc) is 2.81. The molecule has 9 nitrogen and oxygen atoms in total. The van der Waals surface area contributed by atoms with Gasteiger partial charge in [0.25, 0.3) is 0 Å². The van der Waals surface area contributed by atoms with Crippen LogP contribution in [0.25, 0.3) is 0 Å². The molecule has 38 heavy (non-hydrogen) atoms. The van der Waals surface area contributed by atoms with Gasteiger partial charge in [-0.05, 0) is 56.2 Å². The van der Waals surface area contributed by atoms with Crippen molar-refractivity contribution in [1.29, 1.82) is 0 Å². The van der Waals surface area contributed by atoms with Gasteiger partial charge in [-0.3, -0.25) is 19.2 Å². The van der Waals surface area contributed by atoms with Crippen molar-refractivity contribution in [1.82, 2.24) is 0 Å². The predicted octanol–water partition coefficient (Wildman–Crippen LogP) is 5.05. The van der Waals surface area contributed by atoms with E-state index in [9.17, 15) is 19.2 Å². The van der Waals surface area contributed by atoms with Gasteiger partial charge in [0, 0.05) is 12.8 Å². The van der Waals surface area contributed by atoms with Crippen LogP contribution in [-0.2, 0) is 35.1 Å². The minimum Gasteiger partial charge on any atom is -0.459 e. The summed E-state index contributed by atoms with van der Waals surface area (Å²) in [5, 5.41) is 0. The Labute approximate surface area is 226 Å². The van der Waals surface area contributed by atoms with Crippen molar-refractivity contribution < 1.29 is 38.1 Å². The maximum atomic E-state index is 12.6. The van der Waals surface area contributed by atoms with Crippen LogP contribution in [0.5, 0.6) is 11.5 Å². The molecule has 0 fully saturated rings. The molecular weight excluding hydrogens is 490 g/mol. The molecule has 3 atom stereocenters. The van der Waals surface area contributed by atoms with Crippen molar-refractivity contribution in [3.05, 3.63) is 23.8 Å². The first kappa shape index (κ1) is 33.1. The van der Waals surface area contributed by atoms with E-state index in [4.69, 9.17) is 24.7 Å². The Balaban J connectivity index is 2.87. The lowest BCUT2D eigenvalue weighted by Crippen LogP contribution is -2.39. The second-order valence-corrected chi connectivity index (χ2v) is 10.8. The van der Waals surface area contributed by atoms with Crippen molar-refractivity contribution in [2.45, 2.75) is 118 Å². The molecule has 0 aliphatic rings. The van der Waals surface area contributed by atoms with E-state index in [1.165, 1.54) is 6.07 Å². The third kappa shape index (κ3) is 13.0. The quantitative estimate of drug-likeness (QED) is 0.242. The molecule has 0 unspecified atom stereocenters. The lowest BCUT2D eigenvalue weighted by atomic mass is 9.92. The van der Waals surface area contributed by atoms with Crippen LogP contribution in [0.4, 0.5) is 0 Å². The first-order valence-corrected chi connectivity index (χ1v) is 13.5. The lowest BCUT2D eigenvalue weighted by molar-refractivity contribution is -0.167. The third-order valence-corrected chi connectivity index (χ3v) is 5.64. The molecule has 9 heteroatoms. The molecule has 1 aromatic carbocycles. The van der Waals surface area contributed by atoms with Crippen LogP contribution in [0.1, 0.15) is 99.0 Å². The number of carbonyl (C=O) groups excluding carboxylic acids is 4. The fourth-order valence-electron chi connectivity index (χ4n) is 3.31. The summed E-state index contributed by atoms with van der Waals surface area (Å²) in [6.07, 6.45) is 2.51. The van der Waals surface area contributed by atoms with Crippen molar-refractivity contribution in [3.63, 3.8) is 0 Å². The summed E-state index contributed by atoms with van der Waals surface area (Å²) in [4.78, 5) is 49.1. The molecule has 0 aliphatic carbocycles. The number of rotatable bonds is 15. The Morgan fingerprint density at radius 1 is 0.816 bits per heavy atom. The maximum absolute atomic E-state index is 12.6. The molecule has 0 saturated carbocycles. The van der Waals surface area contributed by atoms with Crippen LogP contribution in [-0.4, -0.2) is 42.1 Å². The zero-order chi connectivity index (χ0) is 28.9. The molecule has 0 amide bonds. The lowest BCUT2D eigenvalue weighted by Gasteiger charge is -2.24. The number of carbonyl (C=O) groups is 4. The second-order valence-electron chi connectivity index (χ2n) is 10.8. The van der Waals surface area contributed by atoms with Gasteiger partial charge < -0.3 is 24.7 Å².